The zero-order valence-electron chi connectivity index (χ0n) is 10.9. The van der Waals surface area contributed by atoms with Crippen LogP contribution in [0.5, 0.6) is 0 Å². The number of nitrogens with zero attached hydrogens (tertiary/aromatic N) is 1. The molecule has 0 bridgehead atoms. The first kappa shape index (κ1) is 13.6. The Bertz CT molecular complexity index is 359. The highest BCUT2D eigenvalue weighted by Crippen LogP contribution is 2.09. The van der Waals surface area contributed by atoms with Crippen molar-refractivity contribution in [3.05, 3.63) is 24.0 Å². The van der Waals surface area contributed by atoms with Crippen molar-refractivity contribution in [2.75, 3.05) is 12.4 Å². The Morgan fingerprint density at radius 1 is 1.41 bits per heavy atom. The van der Waals surface area contributed by atoms with E-state index in [1.807, 2.05) is 19.1 Å². The molecule has 0 saturated carbocycles. The molecule has 2 N–H and O–H groups in total. The molecule has 0 aliphatic carbocycles. The number of pyridine rings is 1. The van der Waals surface area contributed by atoms with E-state index in [-0.39, 0.29) is 11.9 Å². The predicted molar refractivity (Wildman–Crippen MR) is 69.9 cm³/mol. The van der Waals surface area contributed by atoms with Crippen LogP contribution in [0.15, 0.2) is 18.3 Å². The lowest BCUT2D eigenvalue weighted by molar-refractivity contribution is -0.118. The van der Waals surface area contributed by atoms with E-state index >= 15 is 0 Å². The molecule has 0 aromatic carbocycles. The zero-order valence-corrected chi connectivity index (χ0v) is 10.9. The number of carbonyl (C=O) groups is 1. The minimum atomic E-state index is -0.156. The first-order chi connectivity index (χ1) is 8.02. The van der Waals surface area contributed by atoms with Crippen LogP contribution in [-0.4, -0.2) is 24.0 Å². The molecular formula is C13H21N3O. The summed E-state index contributed by atoms with van der Waals surface area (Å²) in [6.45, 7) is 6.12. The Morgan fingerprint density at radius 2 is 2.12 bits per heavy atom. The topological polar surface area (TPSA) is 54.0 Å². The molecule has 1 rings (SSSR count). The molecule has 1 aromatic heterocycles. The summed E-state index contributed by atoms with van der Waals surface area (Å²) < 4.78 is 0. The number of nitrogens with one attached hydrogen (secondary N) is 2. The van der Waals surface area contributed by atoms with Gasteiger partial charge in [-0.05, 0) is 38.4 Å². The Morgan fingerprint density at radius 3 is 2.59 bits per heavy atom. The first-order valence-electron chi connectivity index (χ1n) is 5.93. The summed E-state index contributed by atoms with van der Waals surface area (Å²) in [5, 5.41) is 5.89. The summed E-state index contributed by atoms with van der Waals surface area (Å²) in [5.74, 6) is 0.473. The fourth-order valence-corrected chi connectivity index (χ4v) is 1.60. The highest BCUT2D eigenvalue weighted by atomic mass is 16.2. The van der Waals surface area contributed by atoms with Gasteiger partial charge in [0.05, 0.1) is 17.9 Å². The standard InChI is InChI=1S/C13H21N3O/c1-9(2)7-12(14-4)13(17)16-11-6-5-10(3)15-8-11/h5-6,8-9,12,14H,7H2,1-4H3,(H,16,17). The molecule has 1 aromatic rings. The summed E-state index contributed by atoms with van der Waals surface area (Å²) >= 11 is 0. The van der Waals surface area contributed by atoms with E-state index in [0.717, 1.165) is 17.8 Å². The number of hydrogen-bond acceptors (Lipinski definition) is 3. The number of anilines is 1. The third-order valence-electron chi connectivity index (χ3n) is 2.55. The molecule has 0 aliphatic rings. The van der Waals surface area contributed by atoms with Crippen LogP contribution in [0.3, 0.4) is 0 Å². The molecule has 94 valence electrons. The molecule has 17 heavy (non-hydrogen) atoms. The van der Waals surface area contributed by atoms with Gasteiger partial charge in [-0.1, -0.05) is 13.8 Å². The summed E-state index contributed by atoms with van der Waals surface area (Å²) in [6.07, 6.45) is 2.50. The Labute approximate surface area is 103 Å². The van der Waals surface area contributed by atoms with E-state index in [2.05, 4.69) is 29.5 Å². The van der Waals surface area contributed by atoms with Crippen molar-refractivity contribution in [3.63, 3.8) is 0 Å². The maximum atomic E-state index is 12.0. The molecular weight excluding hydrogens is 214 g/mol. The van der Waals surface area contributed by atoms with E-state index < -0.39 is 0 Å². The minimum absolute atomic E-state index is 0.00754. The molecule has 0 saturated heterocycles. The smallest absolute Gasteiger partial charge is 0.241 e. The minimum Gasteiger partial charge on any atom is -0.323 e. The maximum Gasteiger partial charge on any atom is 0.241 e. The van der Waals surface area contributed by atoms with Crippen LogP contribution in [0.25, 0.3) is 0 Å². The van der Waals surface area contributed by atoms with Gasteiger partial charge in [-0.25, -0.2) is 0 Å². The lowest BCUT2D eigenvalue weighted by Gasteiger charge is -2.17. The number of aryl methyl sites for hydroxylation is 1. The van der Waals surface area contributed by atoms with Crippen LogP contribution in [0, 0.1) is 12.8 Å². The number of likely N-dealkylation sites (N-methyl/N-ethyl adjacent to an activating group) is 1. The number of carbonyl (C=O) groups excluding carboxylic acids is 1. The Hall–Kier alpha value is -1.42. The van der Waals surface area contributed by atoms with Gasteiger partial charge in [0.2, 0.25) is 5.91 Å². The van der Waals surface area contributed by atoms with Crippen molar-refractivity contribution in [2.24, 2.45) is 5.92 Å². The lowest BCUT2D eigenvalue weighted by Crippen LogP contribution is -2.39. The molecule has 0 fully saturated rings. The van der Waals surface area contributed by atoms with Crippen molar-refractivity contribution >= 4 is 11.6 Å². The second-order valence-corrected chi connectivity index (χ2v) is 4.65. The van der Waals surface area contributed by atoms with E-state index in [1.165, 1.54) is 0 Å². The molecule has 4 nitrogen and oxygen atoms in total. The zero-order chi connectivity index (χ0) is 12.8. The van der Waals surface area contributed by atoms with Gasteiger partial charge >= 0.3 is 0 Å². The number of hydrogen-bond donors (Lipinski definition) is 2. The third-order valence-corrected chi connectivity index (χ3v) is 2.55. The molecule has 0 aliphatic heterocycles. The molecule has 4 heteroatoms. The van der Waals surface area contributed by atoms with Crippen LogP contribution in [0.1, 0.15) is 26.0 Å². The monoisotopic (exact) mass is 235 g/mol. The third kappa shape index (κ3) is 4.53. The van der Waals surface area contributed by atoms with Gasteiger partial charge in [-0.2, -0.15) is 0 Å². The van der Waals surface area contributed by atoms with Gasteiger partial charge in [0, 0.05) is 5.69 Å². The second kappa shape index (κ2) is 6.35. The largest absolute Gasteiger partial charge is 0.323 e. The van der Waals surface area contributed by atoms with Crippen LogP contribution < -0.4 is 10.6 Å². The number of rotatable bonds is 5. The fraction of sp³-hybridized carbons (Fsp3) is 0.538. The van der Waals surface area contributed by atoms with Crippen LogP contribution in [0.4, 0.5) is 5.69 Å². The first-order valence-corrected chi connectivity index (χ1v) is 5.93. The Kier molecular flexibility index (Phi) is 5.10. The summed E-state index contributed by atoms with van der Waals surface area (Å²) in [7, 11) is 1.81. The van der Waals surface area contributed by atoms with Gasteiger partial charge < -0.3 is 10.6 Å². The average molecular weight is 235 g/mol. The lowest BCUT2D eigenvalue weighted by atomic mass is 10.0. The van der Waals surface area contributed by atoms with Crippen molar-refractivity contribution in [1.82, 2.24) is 10.3 Å². The van der Waals surface area contributed by atoms with E-state index in [9.17, 15) is 4.79 Å². The summed E-state index contributed by atoms with van der Waals surface area (Å²) in [5.41, 5.74) is 1.68. The van der Waals surface area contributed by atoms with E-state index in [4.69, 9.17) is 0 Å². The fourth-order valence-electron chi connectivity index (χ4n) is 1.60. The van der Waals surface area contributed by atoms with Gasteiger partial charge in [0.15, 0.2) is 0 Å². The molecule has 1 amide bonds. The van der Waals surface area contributed by atoms with Gasteiger partial charge in [0.25, 0.3) is 0 Å². The van der Waals surface area contributed by atoms with Gasteiger partial charge in [0.1, 0.15) is 0 Å². The summed E-state index contributed by atoms with van der Waals surface area (Å²) in [4.78, 5) is 16.1. The molecule has 0 spiro atoms. The second-order valence-electron chi connectivity index (χ2n) is 4.65. The van der Waals surface area contributed by atoms with Gasteiger partial charge in [-0.15, -0.1) is 0 Å². The van der Waals surface area contributed by atoms with E-state index in [1.54, 1.807) is 13.2 Å². The maximum absolute atomic E-state index is 12.0. The molecule has 1 heterocycles. The predicted octanol–water partition coefficient (Wildman–Crippen LogP) is 1.96. The van der Waals surface area contributed by atoms with Crippen LogP contribution in [-0.2, 0) is 4.79 Å². The summed E-state index contributed by atoms with van der Waals surface area (Å²) in [6, 6.07) is 3.59. The van der Waals surface area contributed by atoms with Crippen LogP contribution >= 0.6 is 0 Å². The van der Waals surface area contributed by atoms with Crippen molar-refractivity contribution < 1.29 is 4.79 Å². The van der Waals surface area contributed by atoms with Crippen molar-refractivity contribution in [2.45, 2.75) is 33.2 Å². The molecule has 0 radical (unpaired) electrons. The number of amides is 1. The van der Waals surface area contributed by atoms with E-state index in [0.29, 0.717) is 5.92 Å². The SMILES string of the molecule is CNC(CC(C)C)C(=O)Nc1ccc(C)nc1. The highest BCUT2D eigenvalue weighted by molar-refractivity contribution is 5.94. The van der Waals surface area contributed by atoms with Crippen LogP contribution in [0.2, 0.25) is 0 Å². The molecule has 1 atom stereocenters. The van der Waals surface area contributed by atoms with Gasteiger partial charge in [-0.3, -0.25) is 9.78 Å². The van der Waals surface area contributed by atoms with Crippen molar-refractivity contribution in [3.8, 4) is 0 Å². The molecule has 1 unspecified atom stereocenters. The number of aromatic nitrogens is 1. The quantitative estimate of drug-likeness (QED) is 0.820. The Balaban J connectivity index is 2.60. The average Bonchev–Trinajstić information content (AvgIpc) is 2.28. The normalized spacial score (nSPS) is 12.5. The van der Waals surface area contributed by atoms with Crippen molar-refractivity contribution in [1.29, 1.82) is 0 Å². The highest BCUT2D eigenvalue weighted by Gasteiger charge is 2.17.